The van der Waals surface area contributed by atoms with E-state index >= 15 is 0 Å². The number of H-pyrrole nitrogens is 1. The number of fused-ring (bicyclic) bond motifs is 1. The lowest BCUT2D eigenvalue weighted by molar-refractivity contribution is 0.170. The molecule has 0 aliphatic heterocycles. The summed E-state index contributed by atoms with van der Waals surface area (Å²) in [5.41, 5.74) is 3.57. The summed E-state index contributed by atoms with van der Waals surface area (Å²) in [6.45, 7) is 16.0. The molecule has 4 rings (SSSR count). The lowest BCUT2D eigenvalue weighted by Crippen LogP contribution is -2.42. The van der Waals surface area contributed by atoms with Crippen molar-refractivity contribution in [2.45, 2.75) is 64.0 Å². The fourth-order valence-corrected chi connectivity index (χ4v) is 5.58. The quantitative estimate of drug-likeness (QED) is 0.217. The highest BCUT2D eigenvalue weighted by Crippen LogP contribution is 2.44. The van der Waals surface area contributed by atoms with E-state index in [1.807, 2.05) is 54.6 Å². The van der Waals surface area contributed by atoms with Crippen LogP contribution in [0.3, 0.4) is 0 Å². The predicted octanol–water partition coefficient (Wildman–Crippen LogP) is 7.88. The second kappa shape index (κ2) is 11.2. The second-order valence-corrected chi connectivity index (χ2v) is 16.2. The Balaban J connectivity index is 1.75. The summed E-state index contributed by atoms with van der Waals surface area (Å²) in [5.74, 6) is 0.800. The number of hydrogen-bond acceptors (Lipinski definition) is 4. The Morgan fingerprint density at radius 1 is 0.947 bits per heavy atom. The van der Waals surface area contributed by atoms with Crippen molar-refractivity contribution >= 4 is 19.2 Å². The highest BCUT2D eigenvalue weighted by molar-refractivity contribution is 6.74. The molecule has 1 heterocycles. The van der Waals surface area contributed by atoms with E-state index in [4.69, 9.17) is 9.16 Å². The highest BCUT2D eigenvalue weighted by Gasteiger charge is 2.40. The van der Waals surface area contributed by atoms with Gasteiger partial charge in [0.2, 0.25) is 5.56 Å². The Morgan fingerprint density at radius 2 is 1.63 bits per heavy atom. The first-order valence-electron chi connectivity index (χ1n) is 13.1. The van der Waals surface area contributed by atoms with Crippen LogP contribution in [0.25, 0.3) is 10.9 Å². The van der Waals surface area contributed by atoms with Crippen LogP contribution in [0, 0.1) is 6.92 Å². The zero-order valence-corrected chi connectivity index (χ0v) is 24.0. The Bertz CT molecular complexity index is 1420. The van der Waals surface area contributed by atoms with Gasteiger partial charge in [-0.05, 0) is 78.4 Å². The third-order valence-corrected chi connectivity index (χ3v) is 12.1. The van der Waals surface area contributed by atoms with Crippen LogP contribution in [-0.2, 0) is 11.0 Å². The number of benzene rings is 3. The number of aromatic amines is 1. The number of aromatic hydroxyl groups is 1. The first kappa shape index (κ1) is 27.7. The van der Waals surface area contributed by atoms with Gasteiger partial charge in [0.1, 0.15) is 18.1 Å². The van der Waals surface area contributed by atoms with Gasteiger partial charge in [0, 0.05) is 11.5 Å². The third-order valence-electron chi connectivity index (χ3n) is 7.58. The van der Waals surface area contributed by atoms with E-state index in [0.717, 1.165) is 22.1 Å². The maximum atomic E-state index is 12.4. The second-order valence-electron chi connectivity index (χ2n) is 11.4. The molecule has 2 atom stereocenters. The van der Waals surface area contributed by atoms with Gasteiger partial charge >= 0.3 is 0 Å². The van der Waals surface area contributed by atoms with Gasteiger partial charge < -0.3 is 19.3 Å². The van der Waals surface area contributed by atoms with Crippen LogP contribution in [0.4, 0.5) is 0 Å². The van der Waals surface area contributed by atoms with Crippen LogP contribution < -0.4 is 10.3 Å². The summed E-state index contributed by atoms with van der Waals surface area (Å²) >= 11 is 0. The van der Waals surface area contributed by atoms with Gasteiger partial charge in [-0.15, -0.1) is 0 Å². The molecule has 0 bridgehead atoms. The SMILES string of the molecule is [CH2]C(C[C@@H](O[Si](C)(C)C(C)(C)C)c1ccc(OCc2ccccc2)c2[nH]c(=O)ccc12)c1ccc(O)cc1. The molecule has 1 unspecified atom stereocenters. The molecule has 0 saturated carbocycles. The summed E-state index contributed by atoms with van der Waals surface area (Å²) in [6.07, 6.45) is 0.402. The van der Waals surface area contributed by atoms with Gasteiger partial charge in [-0.3, -0.25) is 4.79 Å². The molecule has 4 aromatic rings. The van der Waals surface area contributed by atoms with Gasteiger partial charge in [0.05, 0.1) is 11.6 Å². The van der Waals surface area contributed by atoms with Crippen molar-refractivity contribution in [3.05, 3.63) is 113 Å². The number of phenolic OH excluding ortho intramolecular Hbond substituents is 1. The zero-order chi connectivity index (χ0) is 27.5. The van der Waals surface area contributed by atoms with Gasteiger partial charge in [0.15, 0.2) is 8.32 Å². The van der Waals surface area contributed by atoms with Crippen molar-refractivity contribution in [1.29, 1.82) is 0 Å². The molecule has 199 valence electrons. The zero-order valence-electron chi connectivity index (χ0n) is 23.0. The number of ether oxygens (including phenoxy) is 1. The van der Waals surface area contributed by atoms with E-state index in [1.165, 1.54) is 0 Å². The molecule has 1 radical (unpaired) electrons. The summed E-state index contributed by atoms with van der Waals surface area (Å²) in [7, 11) is -2.17. The largest absolute Gasteiger partial charge is 0.508 e. The van der Waals surface area contributed by atoms with Crippen LogP contribution in [-0.4, -0.2) is 18.4 Å². The van der Waals surface area contributed by atoms with Crippen molar-refractivity contribution in [2.75, 3.05) is 0 Å². The number of nitrogens with one attached hydrogen (secondary N) is 1. The summed E-state index contributed by atoms with van der Waals surface area (Å²) < 4.78 is 13.2. The first-order chi connectivity index (χ1) is 17.9. The van der Waals surface area contributed by atoms with Gasteiger partial charge in [-0.1, -0.05) is 69.3 Å². The first-order valence-corrected chi connectivity index (χ1v) is 16.0. The maximum Gasteiger partial charge on any atom is 0.248 e. The molecule has 0 spiro atoms. The van der Waals surface area contributed by atoms with Crippen LogP contribution in [0.5, 0.6) is 11.5 Å². The molecule has 0 aliphatic rings. The number of pyridine rings is 1. The Kier molecular flexibility index (Phi) is 8.14. The Morgan fingerprint density at radius 3 is 2.29 bits per heavy atom. The molecular formula is C32H38NO4Si. The molecular weight excluding hydrogens is 490 g/mol. The van der Waals surface area contributed by atoms with E-state index in [-0.39, 0.29) is 28.4 Å². The summed E-state index contributed by atoms with van der Waals surface area (Å²) in [6, 6.07) is 24.6. The smallest absolute Gasteiger partial charge is 0.248 e. The van der Waals surface area contributed by atoms with Gasteiger partial charge in [0.25, 0.3) is 0 Å². The van der Waals surface area contributed by atoms with E-state index in [0.29, 0.717) is 24.3 Å². The molecule has 0 saturated heterocycles. The molecule has 2 N–H and O–H groups in total. The van der Waals surface area contributed by atoms with E-state index in [9.17, 15) is 9.90 Å². The van der Waals surface area contributed by atoms with Crippen LogP contribution in [0.15, 0.2) is 83.7 Å². The minimum atomic E-state index is -2.17. The molecule has 0 fully saturated rings. The number of rotatable bonds is 9. The van der Waals surface area contributed by atoms with Crippen molar-refractivity contribution in [3.8, 4) is 11.5 Å². The molecule has 3 aromatic carbocycles. The molecule has 38 heavy (non-hydrogen) atoms. The van der Waals surface area contributed by atoms with Gasteiger partial charge in [-0.2, -0.15) is 0 Å². The Labute approximate surface area is 226 Å². The Hall–Kier alpha value is -3.35. The van der Waals surface area contributed by atoms with Crippen molar-refractivity contribution in [2.24, 2.45) is 0 Å². The number of phenols is 1. The molecule has 6 heteroatoms. The molecule has 0 aliphatic carbocycles. The number of aromatic nitrogens is 1. The number of hydrogen-bond donors (Lipinski definition) is 2. The molecule has 5 nitrogen and oxygen atoms in total. The molecule has 1 aromatic heterocycles. The van der Waals surface area contributed by atoms with E-state index in [1.54, 1.807) is 18.2 Å². The topological polar surface area (TPSA) is 71.5 Å². The normalized spacial score (nSPS) is 13.8. The standard InChI is InChI=1S/C32H38NO4Si/c1-22(24-12-14-25(34)15-13-24)20-29(37-38(5,6)32(2,3)4)26-16-18-28(31-27(26)17-19-30(35)33-31)36-21-23-10-8-7-9-11-23/h7-19,22,29,34H,1,20-21H2,2-6H3,(H,33,35)/t22?,29-/m1/s1. The van der Waals surface area contributed by atoms with Gasteiger partial charge in [-0.25, -0.2) is 0 Å². The third kappa shape index (κ3) is 6.37. The van der Waals surface area contributed by atoms with Crippen molar-refractivity contribution in [3.63, 3.8) is 0 Å². The van der Waals surface area contributed by atoms with Crippen molar-refractivity contribution in [1.82, 2.24) is 4.98 Å². The predicted molar refractivity (Wildman–Crippen MR) is 157 cm³/mol. The highest BCUT2D eigenvalue weighted by atomic mass is 28.4. The van der Waals surface area contributed by atoms with Crippen LogP contribution in [0.2, 0.25) is 18.1 Å². The fraction of sp³-hybridized carbons (Fsp3) is 0.312. The summed E-state index contributed by atoms with van der Waals surface area (Å²) in [5, 5.41) is 10.7. The lowest BCUT2D eigenvalue weighted by atomic mass is 9.90. The van der Waals surface area contributed by atoms with Crippen LogP contribution in [0.1, 0.15) is 55.9 Å². The monoisotopic (exact) mass is 528 g/mol. The minimum absolute atomic E-state index is 0.0172. The minimum Gasteiger partial charge on any atom is -0.508 e. The fourth-order valence-electron chi connectivity index (χ4n) is 4.30. The van der Waals surface area contributed by atoms with E-state index < -0.39 is 8.32 Å². The average Bonchev–Trinajstić information content (AvgIpc) is 2.87. The summed E-state index contributed by atoms with van der Waals surface area (Å²) in [4.78, 5) is 15.4. The lowest BCUT2D eigenvalue weighted by Gasteiger charge is -2.40. The molecule has 0 amide bonds. The maximum absolute atomic E-state index is 12.4. The van der Waals surface area contributed by atoms with Crippen LogP contribution >= 0.6 is 0 Å². The van der Waals surface area contributed by atoms with Crippen molar-refractivity contribution < 1.29 is 14.3 Å². The van der Waals surface area contributed by atoms with E-state index in [2.05, 4.69) is 51.8 Å². The average molecular weight is 529 g/mol.